The molecule has 0 saturated carbocycles. The van der Waals surface area contributed by atoms with Crippen molar-refractivity contribution >= 4 is 45.0 Å². The van der Waals surface area contributed by atoms with Crippen molar-refractivity contribution in [2.24, 2.45) is 0 Å². The van der Waals surface area contributed by atoms with Gasteiger partial charge in [0.1, 0.15) is 4.83 Å². The van der Waals surface area contributed by atoms with Gasteiger partial charge < -0.3 is 10.6 Å². The highest BCUT2D eigenvalue weighted by atomic mass is 35.5. The molecule has 2 N–H and O–H groups in total. The van der Waals surface area contributed by atoms with Crippen molar-refractivity contribution in [3.63, 3.8) is 0 Å². The number of aryl methyl sites for hydroxylation is 1. The van der Waals surface area contributed by atoms with Crippen molar-refractivity contribution < 1.29 is 9.59 Å². The summed E-state index contributed by atoms with van der Waals surface area (Å²) in [6, 6.07) is 9.25. The fraction of sp³-hybridized carbons (Fsp3) is 0.278. The zero-order valence-corrected chi connectivity index (χ0v) is 16.2. The number of carbonyl (C=O) groups excluding carboxylic acids is 2. The fourth-order valence-corrected chi connectivity index (χ4v) is 3.87. The molecule has 136 valence electrons. The van der Waals surface area contributed by atoms with Crippen LogP contribution in [0.4, 0.5) is 0 Å². The molecule has 3 aromatic rings. The minimum absolute atomic E-state index is 0.0352. The second-order valence-electron chi connectivity index (χ2n) is 6.18. The third-order valence-electron chi connectivity index (χ3n) is 3.71. The molecule has 0 bridgehead atoms. The highest BCUT2D eigenvalue weighted by Gasteiger charge is 2.18. The molecule has 2 amide bonds. The second-order valence-corrected chi connectivity index (χ2v) is 7.62. The predicted octanol–water partition coefficient (Wildman–Crippen LogP) is 3.30. The molecular formula is C18H19ClN4O2S. The first-order valence-electron chi connectivity index (χ1n) is 8.18. The van der Waals surface area contributed by atoms with Crippen LogP contribution in [0.3, 0.4) is 0 Å². The number of aromatic nitrogens is 2. The number of nitrogens with one attached hydrogen (secondary N) is 2. The SMILES string of the molecule is Cc1nn(-c2ccccc2Cl)c2sc(C(=O)NCC(=O)NC(C)C)cc12. The third-order valence-corrected chi connectivity index (χ3v) is 5.14. The quantitative estimate of drug-likeness (QED) is 0.701. The Morgan fingerprint density at radius 1 is 1.31 bits per heavy atom. The van der Waals surface area contributed by atoms with Crippen LogP contribution in [0.25, 0.3) is 15.9 Å². The van der Waals surface area contributed by atoms with Crippen molar-refractivity contribution in [1.29, 1.82) is 0 Å². The molecule has 0 fully saturated rings. The molecule has 0 atom stereocenters. The van der Waals surface area contributed by atoms with E-state index in [2.05, 4.69) is 15.7 Å². The van der Waals surface area contributed by atoms with E-state index in [1.54, 1.807) is 16.8 Å². The first kappa shape index (κ1) is 18.4. The molecule has 8 heteroatoms. The Balaban J connectivity index is 1.86. The highest BCUT2D eigenvalue weighted by Crippen LogP contribution is 2.32. The van der Waals surface area contributed by atoms with Crippen LogP contribution < -0.4 is 10.6 Å². The standard InChI is InChI=1S/C18H19ClN4O2S/c1-10(2)21-16(24)9-20-17(25)15-8-12-11(3)22-23(18(12)26-15)14-7-5-4-6-13(14)19/h4-8,10H,9H2,1-3H3,(H,20,25)(H,21,24). The van der Waals surface area contributed by atoms with Gasteiger partial charge in [-0.2, -0.15) is 5.10 Å². The molecule has 3 rings (SSSR count). The Morgan fingerprint density at radius 3 is 2.73 bits per heavy atom. The van der Waals surface area contributed by atoms with Gasteiger partial charge in [-0.25, -0.2) is 4.68 Å². The van der Waals surface area contributed by atoms with E-state index >= 15 is 0 Å². The molecular weight excluding hydrogens is 372 g/mol. The number of thiophene rings is 1. The number of fused-ring (bicyclic) bond motifs is 1. The summed E-state index contributed by atoms with van der Waals surface area (Å²) in [5.74, 6) is -0.497. The van der Waals surface area contributed by atoms with Gasteiger partial charge in [0.2, 0.25) is 5.91 Å². The minimum Gasteiger partial charge on any atom is -0.352 e. The van der Waals surface area contributed by atoms with E-state index in [1.807, 2.05) is 39.0 Å². The lowest BCUT2D eigenvalue weighted by molar-refractivity contribution is -0.120. The molecule has 0 spiro atoms. The zero-order valence-electron chi connectivity index (χ0n) is 14.7. The molecule has 0 aliphatic rings. The fourth-order valence-electron chi connectivity index (χ4n) is 2.57. The number of nitrogens with zero attached hydrogens (tertiary/aromatic N) is 2. The molecule has 1 aromatic carbocycles. The molecule has 6 nitrogen and oxygen atoms in total. The number of rotatable bonds is 5. The van der Waals surface area contributed by atoms with Crippen LogP contribution in [-0.2, 0) is 4.79 Å². The lowest BCUT2D eigenvalue weighted by Gasteiger charge is -2.08. The molecule has 2 aromatic heterocycles. The van der Waals surface area contributed by atoms with Gasteiger partial charge in [0.25, 0.3) is 5.91 Å². The molecule has 26 heavy (non-hydrogen) atoms. The summed E-state index contributed by atoms with van der Waals surface area (Å²) in [7, 11) is 0. The van der Waals surface area contributed by atoms with Gasteiger partial charge in [-0.1, -0.05) is 23.7 Å². The molecule has 0 saturated heterocycles. The first-order valence-corrected chi connectivity index (χ1v) is 9.38. The zero-order chi connectivity index (χ0) is 18.8. The van der Waals surface area contributed by atoms with Crippen LogP contribution in [0, 0.1) is 6.92 Å². The van der Waals surface area contributed by atoms with Gasteiger partial charge in [0, 0.05) is 11.4 Å². The minimum atomic E-state index is -0.282. The Morgan fingerprint density at radius 2 is 2.04 bits per heavy atom. The average molecular weight is 391 g/mol. The summed E-state index contributed by atoms with van der Waals surface area (Å²) in [5.41, 5.74) is 1.57. The van der Waals surface area contributed by atoms with Crippen LogP contribution in [-0.4, -0.2) is 34.2 Å². The molecule has 0 radical (unpaired) electrons. The average Bonchev–Trinajstić information content (AvgIpc) is 3.14. The molecule has 0 aliphatic carbocycles. The third kappa shape index (κ3) is 3.73. The maximum atomic E-state index is 12.4. The Hall–Kier alpha value is -2.38. The lowest BCUT2D eigenvalue weighted by Crippen LogP contribution is -2.39. The summed E-state index contributed by atoms with van der Waals surface area (Å²) >= 11 is 7.60. The van der Waals surface area contributed by atoms with E-state index < -0.39 is 0 Å². The largest absolute Gasteiger partial charge is 0.352 e. The van der Waals surface area contributed by atoms with Gasteiger partial charge in [0.05, 0.1) is 27.8 Å². The van der Waals surface area contributed by atoms with Crippen molar-refractivity contribution in [2.75, 3.05) is 6.54 Å². The van der Waals surface area contributed by atoms with Crippen LogP contribution in [0.2, 0.25) is 5.02 Å². The van der Waals surface area contributed by atoms with Gasteiger partial charge in [-0.15, -0.1) is 11.3 Å². The lowest BCUT2D eigenvalue weighted by atomic mass is 10.3. The van der Waals surface area contributed by atoms with Crippen LogP contribution >= 0.6 is 22.9 Å². The molecule has 2 heterocycles. The van der Waals surface area contributed by atoms with Gasteiger partial charge in [0.15, 0.2) is 0 Å². The normalized spacial score (nSPS) is 11.1. The van der Waals surface area contributed by atoms with E-state index in [0.717, 1.165) is 21.6 Å². The van der Waals surface area contributed by atoms with E-state index in [0.29, 0.717) is 9.90 Å². The van der Waals surface area contributed by atoms with Crippen molar-refractivity contribution in [1.82, 2.24) is 20.4 Å². The maximum Gasteiger partial charge on any atom is 0.261 e. The summed E-state index contributed by atoms with van der Waals surface area (Å²) in [5, 5.41) is 11.4. The van der Waals surface area contributed by atoms with Gasteiger partial charge in [-0.05, 0) is 39.0 Å². The highest BCUT2D eigenvalue weighted by molar-refractivity contribution is 7.20. The van der Waals surface area contributed by atoms with E-state index in [1.165, 1.54) is 11.3 Å². The topological polar surface area (TPSA) is 76.0 Å². The van der Waals surface area contributed by atoms with Crippen LogP contribution in [0.15, 0.2) is 30.3 Å². The van der Waals surface area contributed by atoms with Crippen molar-refractivity contribution in [3.8, 4) is 5.69 Å². The van der Waals surface area contributed by atoms with E-state index in [9.17, 15) is 9.59 Å². The van der Waals surface area contributed by atoms with Crippen molar-refractivity contribution in [3.05, 3.63) is 45.9 Å². The van der Waals surface area contributed by atoms with Crippen LogP contribution in [0.5, 0.6) is 0 Å². The van der Waals surface area contributed by atoms with Gasteiger partial charge in [-0.3, -0.25) is 9.59 Å². The number of hydrogen-bond acceptors (Lipinski definition) is 4. The summed E-state index contributed by atoms with van der Waals surface area (Å²) in [4.78, 5) is 25.4. The molecule has 0 unspecified atom stereocenters. The van der Waals surface area contributed by atoms with Gasteiger partial charge >= 0.3 is 0 Å². The smallest absolute Gasteiger partial charge is 0.261 e. The number of para-hydroxylation sites is 1. The summed E-state index contributed by atoms with van der Waals surface area (Å²) < 4.78 is 1.75. The monoisotopic (exact) mass is 390 g/mol. The first-order chi connectivity index (χ1) is 12.4. The molecule has 0 aliphatic heterocycles. The number of carbonyl (C=O) groups is 2. The van der Waals surface area contributed by atoms with E-state index in [4.69, 9.17) is 11.6 Å². The summed E-state index contributed by atoms with van der Waals surface area (Å²) in [6.07, 6.45) is 0. The Kier molecular flexibility index (Phi) is 5.29. The Bertz CT molecular complexity index is 977. The summed E-state index contributed by atoms with van der Waals surface area (Å²) in [6.45, 7) is 5.57. The second kappa shape index (κ2) is 7.47. The maximum absolute atomic E-state index is 12.4. The number of halogens is 1. The number of amides is 2. The predicted molar refractivity (Wildman–Crippen MR) is 104 cm³/mol. The van der Waals surface area contributed by atoms with E-state index in [-0.39, 0.29) is 24.4 Å². The number of hydrogen-bond donors (Lipinski definition) is 2. The Labute approximate surface area is 160 Å². The number of benzene rings is 1. The van der Waals surface area contributed by atoms with Crippen molar-refractivity contribution in [2.45, 2.75) is 26.8 Å². The van der Waals surface area contributed by atoms with Crippen LogP contribution in [0.1, 0.15) is 29.2 Å².